The van der Waals surface area contributed by atoms with Gasteiger partial charge >= 0.3 is 0 Å². The fourth-order valence-electron chi connectivity index (χ4n) is 5.07. The van der Waals surface area contributed by atoms with E-state index in [0.29, 0.717) is 49.6 Å². The van der Waals surface area contributed by atoms with Gasteiger partial charge in [0.15, 0.2) is 27.1 Å². The Hall–Kier alpha value is -3.71. The Balaban J connectivity index is 1.20. The minimum atomic E-state index is -3.46. The molecule has 0 saturated carbocycles. The Morgan fingerprint density at radius 1 is 1.00 bits per heavy atom. The number of nitrogens with one attached hydrogen (secondary N) is 1. The third kappa shape index (κ3) is 5.87. The van der Waals surface area contributed by atoms with E-state index in [1.807, 2.05) is 6.07 Å². The molecule has 12 heteroatoms. The molecule has 6 rings (SSSR count). The van der Waals surface area contributed by atoms with Gasteiger partial charge < -0.3 is 19.7 Å². The molecular formula is C29H30FN5O5S. The molecule has 2 aliphatic rings. The zero-order valence-corrected chi connectivity index (χ0v) is 23.1. The summed E-state index contributed by atoms with van der Waals surface area (Å²) >= 11 is 0. The van der Waals surface area contributed by atoms with Crippen molar-refractivity contribution >= 4 is 15.7 Å². The standard InChI is InChI=1S/C29H30FN5O5S/c30-23-14-18(16-32-27-2-1-11-39-27)3-8-22(23)24-15-26(40-35-24)28-29(31)33-17-25(34-28)19-4-6-20(7-5-19)41(36,37)21-9-12-38-13-10-21/h3-8,14-15,17,21,27,32H,1-2,9-13,16H2,(H2,31,33)/t27-/m0/s1. The lowest BCUT2D eigenvalue weighted by atomic mass is 10.1. The van der Waals surface area contributed by atoms with E-state index in [2.05, 4.69) is 20.4 Å². The van der Waals surface area contributed by atoms with Gasteiger partial charge in [0.05, 0.1) is 22.0 Å². The van der Waals surface area contributed by atoms with Crippen molar-refractivity contribution in [3.63, 3.8) is 0 Å². The fourth-order valence-corrected chi connectivity index (χ4v) is 6.79. The topological polar surface area (TPSA) is 142 Å². The smallest absolute Gasteiger partial charge is 0.189 e. The molecule has 0 bridgehead atoms. The van der Waals surface area contributed by atoms with Crippen molar-refractivity contribution in [3.8, 4) is 34.0 Å². The van der Waals surface area contributed by atoms with E-state index in [1.54, 1.807) is 36.4 Å². The molecule has 41 heavy (non-hydrogen) atoms. The van der Waals surface area contributed by atoms with Crippen LogP contribution in [0, 0.1) is 5.82 Å². The van der Waals surface area contributed by atoms with Gasteiger partial charge in [0.25, 0.3) is 0 Å². The van der Waals surface area contributed by atoms with Gasteiger partial charge in [-0.1, -0.05) is 23.4 Å². The molecule has 2 saturated heterocycles. The molecule has 4 heterocycles. The summed E-state index contributed by atoms with van der Waals surface area (Å²) in [6.07, 6.45) is 4.43. The summed E-state index contributed by atoms with van der Waals surface area (Å²) in [6.45, 7) is 2.12. The van der Waals surface area contributed by atoms with Crippen molar-refractivity contribution in [2.75, 3.05) is 25.6 Å². The SMILES string of the molecule is Nc1ncc(-c2ccc(S(=O)(=O)C3CCOCC3)cc2)nc1-c1cc(-c2ccc(CN[C@@H]3CCCO3)cc2F)no1. The van der Waals surface area contributed by atoms with Crippen molar-refractivity contribution in [2.24, 2.45) is 0 Å². The van der Waals surface area contributed by atoms with Crippen molar-refractivity contribution in [1.29, 1.82) is 0 Å². The second-order valence-electron chi connectivity index (χ2n) is 10.1. The van der Waals surface area contributed by atoms with E-state index in [9.17, 15) is 8.42 Å². The predicted molar refractivity (Wildman–Crippen MR) is 150 cm³/mol. The van der Waals surface area contributed by atoms with E-state index in [0.717, 1.165) is 25.0 Å². The van der Waals surface area contributed by atoms with E-state index in [4.69, 9.17) is 19.7 Å². The Morgan fingerprint density at radius 2 is 1.80 bits per heavy atom. The predicted octanol–water partition coefficient (Wildman–Crippen LogP) is 4.37. The number of benzene rings is 2. The van der Waals surface area contributed by atoms with Gasteiger partial charge in [-0.2, -0.15) is 0 Å². The first-order chi connectivity index (χ1) is 19.9. The maximum atomic E-state index is 15.0. The van der Waals surface area contributed by atoms with E-state index in [-0.39, 0.29) is 34.0 Å². The molecular weight excluding hydrogens is 549 g/mol. The number of hydrogen-bond acceptors (Lipinski definition) is 10. The number of nitrogens with two attached hydrogens (primary N) is 1. The summed E-state index contributed by atoms with van der Waals surface area (Å²) < 4.78 is 57.4. The van der Waals surface area contributed by atoms with Crippen LogP contribution in [0.15, 0.2) is 64.1 Å². The van der Waals surface area contributed by atoms with Crippen LogP contribution in [0.3, 0.4) is 0 Å². The summed E-state index contributed by atoms with van der Waals surface area (Å²) in [5.41, 5.74) is 8.85. The average molecular weight is 580 g/mol. The van der Waals surface area contributed by atoms with Crippen LogP contribution in [0.5, 0.6) is 0 Å². The molecule has 1 atom stereocenters. The molecule has 0 amide bonds. The number of sulfone groups is 1. The molecule has 2 fully saturated rings. The largest absolute Gasteiger partial charge is 0.382 e. The van der Waals surface area contributed by atoms with Gasteiger partial charge in [0, 0.05) is 43.6 Å². The molecule has 2 aromatic carbocycles. The molecule has 0 radical (unpaired) electrons. The summed E-state index contributed by atoms with van der Waals surface area (Å²) in [6, 6.07) is 13.0. The Bertz CT molecular complexity index is 1630. The number of halogens is 1. The van der Waals surface area contributed by atoms with Crippen LogP contribution in [0.4, 0.5) is 10.2 Å². The number of nitrogen functional groups attached to an aromatic ring is 1. The minimum absolute atomic E-state index is 0.00114. The summed E-state index contributed by atoms with van der Waals surface area (Å²) in [4.78, 5) is 9.10. The zero-order valence-electron chi connectivity index (χ0n) is 22.3. The van der Waals surface area contributed by atoms with Crippen LogP contribution in [0.2, 0.25) is 0 Å². The fraction of sp³-hybridized carbons (Fsp3) is 0.345. The normalized spacial score (nSPS) is 18.1. The third-order valence-electron chi connectivity index (χ3n) is 7.40. The lowest BCUT2D eigenvalue weighted by Gasteiger charge is -2.22. The first-order valence-corrected chi connectivity index (χ1v) is 15.1. The number of hydrogen-bond donors (Lipinski definition) is 2. The van der Waals surface area contributed by atoms with Crippen LogP contribution < -0.4 is 11.1 Å². The highest BCUT2D eigenvalue weighted by molar-refractivity contribution is 7.92. The molecule has 3 N–H and O–H groups in total. The first-order valence-electron chi connectivity index (χ1n) is 13.5. The molecule has 0 unspecified atom stereocenters. The highest BCUT2D eigenvalue weighted by atomic mass is 32.2. The van der Waals surface area contributed by atoms with Gasteiger partial charge in [-0.05, 0) is 55.5 Å². The monoisotopic (exact) mass is 579 g/mol. The molecule has 2 aliphatic heterocycles. The van der Waals surface area contributed by atoms with Gasteiger partial charge in [-0.25, -0.2) is 22.8 Å². The van der Waals surface area contributed by atoms with Gasteiger partial charge in [-0.15, -0.1) is 0 Å². The van der Waals surface area contributed by atoms with Crippen LogP contribution >= 0.6 is 0 Å². The molecule has 0 spiro atoms. The number of rotatable bonds is 8. The lowest BCUT2D eigenvalue weighted by Crippen LogP contribution is -2.28. The minimum Gasteiger partial charge on any atom is -0.382 e. The Kier molecular flexibility index (Phi) is 7.80. The maximum Gasteiger partial charge on any atom is 0.189 e. The van der Waals surface area contributed by atoms with Crippen LogP contribution in [-0.2, 0) is 25.9 Å². The highest BCUT2D eigenvalue weighted by Gasteiger charge is 2.29. The lowest BCUT2D eigenvalue weighted by molar-refractivity contribution is 0.0827. The maximum absolute atomic E-state index is 15.0. The number of nitrogens with zero attached hydrogens (tertiary/aromatic N) is 3. The number of ether oxygens (including phenoxy) is 2. The van der Waals surface area contributed by atoms with Gasteiger partial charge in [0.2, 0.25) is 0 Å². The summed E-state index contributed by atoms with van der Waals surface area (Å²) in [7, 11) is -3.46. The second kappa shape index (κ2) is 11.6. The summed E-state index contributed by atoms with van der Waals surface area (Å²) in [5, 5.41) is 6.86. The van der Waals surface area contributed by atoms with E-state index in [1.165, 1.54) is 12.3 Å². The van der Waals surface area contributed by atoms with Crippen molar-refractivity contribution < 1.29 is 26.8 Å². The molecule has 10 nitrogen and oxygen atoms in total. The second-order valence-corrected chi connectivity index (χ2v) is 12.4. The van der Waals surface area contributed by atoms with E-state index < -0.39 is 20.9 Å². The molecule has 214 valence electrons. The first kappa shape index (κ1) is 27.5. The van der Waals surface area contributed by atoms with Crippen molar-refractivity contribution in [2.45, 2.75) is 48.6 Å². The van der Waals surface area contributed by atoms with Gasteiger partial charge in [-0.3, -0.25) is 5.32 Å². The molecule has 2 aromatic heterocycles. The van der Waals surface area contributed by atoms with Crippen LogP contribution in [-0.4, -0.2) is 54.8 Å². The average Bonchev–Trinajstić information content (AvgIpc) is 3.70. The Labute approximate surface area is 237 Å². The summed E-state index contributed by atoms with van der Waals surface area (Å²) in [5.74, 6) is -0.0830. The Morgan fingerprint density at radius 3 is 2.54 bits per heavy atom. The zero-order chi connectivity index (χ0) is 28.4. The van der Waals surface area contributed by atoms with Gasteiger partial charge in [0.1, 0.15) is 17.7 Å². The van der Waals surface area contributed by atoms with Crippen molar-refractivity contribution in [3.05, 3.63) is 66.1 Å². The van der Waals surface area contributed by atoms with E-state index >= 15 is 4.39 Å². The highest BCUT2D eigenvalue weighted by Crippen LogP contribution is 2.32. The number of aromatic nitrogens is 3. The third-order valence-corrected chi connectivity index (χ3v) is 9.68. The number of anilines is 1. The molecule has 0 aliphatic carbocycles. The quantitative estimate of drug-likeness (QED) is 0.309. The molecule has 4 aromatic rings. The van der Waals surface area contributed by atoms with Crippen LogP contribution in [0.25, 0.3) is 34.0 Å². The van der Waals surface area contributed by atoms with Crippen molar-refractivity contribution in [1.82, 2.24) is 20.4 Å². The van der Waals surface area contributed by atoms with Crippen LogP contribution in [0.1, 0.15) is 31.2 Å².